The van der Waals surface area contributed by atoms with E-state index in [2.05, 4.69) is 5.32 Å². The fourth-order valence-corrected chi connectivity index (χ4v) is 3.65. The van der Waals surface area contributed by atoms with E-state index in [9.17, 15) is 9.59 Å². The van der Waals surface area contributed by atoms with Gasteiger partial charge in [-0.05, 0) is 49.4 Å². The van der Waals surface area contributed by atoms with Crippen molar-refractivity contribution in [2.45, 2.75) is 44.3 Å². The molecule has 0 bridgehead atoms. The first-order chi connectivity index (χ1) is 13.6. The zero-order valence-electron chi connectivity index (χ0n) is 16.1. The van der Waals surface area contributed by atoms with E-state index in [0.717, 1.165) is 31.2 Å². The van der Waals surface area contributed by atoms with Gasteiger partial charge in [0, 0.05) is 29.9 Å². The van der Waals surface area contributed by atoms with E-state index in [-0.39, 0.29) is 18.0 Å². The van der Waals surface area contributed by atoms with Gasteiger partial charge in [0.2, 0.25) is 0 Å². The van der Waals surface area contributed by atoms with Crippen LogP contribution >= 0.6 is 0 Å². The molecule has 3 N–H and O–H groups in total. The molecule has 0 heterocycles. The summed E-state index contributed by atoms with van der Waals surface area (Å²) < 4.78 is 4.71. The topological polar surface area (TPSA) is 84.7 Å². The normalized spacial score (nSPS) is 18.9. The molecule has 1 aliphatic rings. The van der Waals surface area contributed by atoms with Crippen LogP contribution in [-0.4, -0.2) is 36.1 Å². The van der Waals surface area contributed by atoms with E-state index in [4.69, 9.17) is 10.5 Å². The highest BCUT2D eigenvalue weighted by atomic mass is 16.5. The Morgan fingerprint density at radius 3 is 2.36 bits per heavy atom. The maximum Gasteiger partial charge on any atom is 0.411 e. The molecule has 0 spiro atoms. The Morgan fingerprint density at radius 2 is 1.68 bits per heavy atom. The molecule has 2 aromatic carbocycles. The summed E-state index contributed by atoms with van der Waals surface area (Å²) in [5.74, 6) is -0.00561. The van der Waals surface area contributed by atoms with Crippen LogP contribution in [0.25, 0.3) is 0 Å². The number of para-hydroxylation sites is 1. The molecule has 1 fully saturated rings. The van der Waals surface area contributed by atoms with Crippen LogP contribution in [0.5, 0.6) is 0 Å². The Bertz CT molecular complexity index is 802. The van der Waals surface area contributed by atoms with Crippen molar-refractivity contribution in [1.82, 2.24) is 4.90 Å². The zero-order valence-corrected chi connectivity index (χ0v) is 16.1. The van der Waals surface area contributed by atoms with Crippen LogP contribution in [0.15, 0.2) is 54.6 Å². The molecule has 3 rings (SSSR count). The van der Waals surface area contributed by atoms with E-state index >= 15 is 0 Å². The fourth-order valence-electron chi connectivity index (χ4n) is 3.65. The van der Waals surface area contributed by atoms with Crippen molar-refractivity contribution in [2.24, 2.45) is 5.73 Å². The number of hydrogen-bond acceptors (Lipinski definition) is 4. The van der Waals surface area contributed by atoms with E-state index < -0.39 is 6.09 Å². The van der Waals surface area contributed by atoms with Crippen molar-refractivity contribution < 1.29 is 14.3 Å². The quantitative estimate of drug-likeness (QED) is 0.825. The lowest BCUT2D eigenvalue weighted by Gasteiger charge is -2.36. The van der Waals surface area contributed by atoms with Crippen molar-refractivity contribution >= 4 is 17.7 Å². The fraction of sp³-hybridized carbons (Fsp3) is 0.364. The summed E-state index contributed by atoms with van der Waals surface area (Å²) >= 11 is 0. The SMILES string of the molecule is COC(=O)Nc1ccccc1CN(C(=O)c1ccccc1)C1CCC(N)CC1. The van der Waals surface area contributed by atoms with Crippen molar-refractivity contribution in [3.05, 3.63) is 65.7 Å². The van der Waals surface area contributed by atoms with Gasteiger partial charge in [-0.2, -0.15) is 0 Å². The van der Waals surface area contributed by atoms with Gasteiger partial charge in [0.25, 0.3) is 5.91 Å². The molecule has 0 aromatic heterocycles. The Kier molecular flexibility index (Phi) is 6.66. The average molecular weight is 381 g/mol. The van der Waals surface area contributed by atoms with E-state index in [1.165, 1.54) is 7.11 Å². The maximum absolute atomic E-state index is 13.3. The van der Waals surface area contributed by atoms with E-state index in [1.54, 1.807) is 0 Å². The minimum Gasteiger partial charge on any atom is -0.453 e. The number of nitrogens with zero attached hydrogens (tertiary/aromatic N) is 1. The van der Waals surface area contributed by atoms with Crippen molar-refractivity contribution in [2.75, 3.05) is 12.4 Å². The number of carbonyl (C=O) groups is 2. The van der Waals surface area contributed by atoms with Gasteiger partial charge in [0.1, 0.15) is 0 Å². The van der Waals surface area contributed by atoms with E-state index in [1.807, 2.05) is 59.5 Å². The largest absolute Gasteiger partial charge is 0.453 e. The summed E-state index contributed by atoms with van der Waals surface area (Å²) in [6.07, 6.45) is 3.05. The second-order valence-electron chi connectivity index (χ2n) is 7.14. The molecule has 2 aromatic rings. The summed E-state index contributed by atoms with van der Waals surface area (Å²) in [6.45, 7) is 0.411. The number of benzene rings is 2. The molecule has 2 amide bonds. The van der Waals surface area contributed by atoms with Crippen LogP contribution in [0.4, 0.5) is 10.5 Å². The second kappa shape index (κ2) is 9.37. The number of nitrogens with two attached hydrogens (primary N) is 1. The van der Waals surface area contributed by atoms with Crippen LogP contribution in [0.3, 0.4) is 0 Å². The highest BCUT2D eigenvalue weighted by Crippen LogP contribution is 2.27. The summed E-state index contributed by atoms with van der Waals surface area (Å²) in [4.78, 5) is 26.9. The lowest BCUT2D eigenvalue weighted by Crippen LogP contribution is -2.44. The third-order valence-electron chi connectivity index (χ3n) is 5.24. The third-order valence-corrected chi connectivity index (χ3v) is 5.24. The summed E-state index contributed by atoms with van der Waals surface area (Å²) in [6, 6.07) is 17.1. The molecule has 0 atom stereocenters. The smallest absolute Gasteiger partial charge is 0.411 e. The molecule has 0 saturated heterocycles. The molecule has 1 aliphatic carbocycles. The number of nitrogens with one attached hydrogen (secondary N) is 1. The third kappa shape index (κ3) is 4.89. The van der Waals surface area contributed by atoms with Crippen LogP contribution in [0.2, 0.25) is 0 Å². The highest BCUT2D eigenvalue weighted by Gasteiger charge is 2.29. The van der Waals surface area contributed by atoms with Gasteiger partial charge in [-0.1, -0.05) is 36.4 Å². The maximum atomic E-state index is 13.3. The first kappa shape index (κ1) is 19.9. The Hall–Kier alpha value is -2.86. The molecular formula is C22H27N3O3. The minimum absolute atomic E-state index is 0.00561. The Labute approximate surface area is 165 Å². The van der Waals surface area contributed by atoms with Crippen molar-refractivity contribution in [3.63, 3.8) is 0 Å². The lowest BCUT2D eigenvalue weighted by molar-refractivity contribution is 0.0607. The predicted molar refractivity (Wildman–Crippen MR) is 109 cm³/mol. The van der Waals surface area contributed by atoms with Crippen LogP contribution < -0.4 is 11.1 Å². The highest BCUT2D eigenvalue weighted by molar-refractivity contribution is 5.94. The Morgan fingerprint density at radius 1 is 1.04 bits per heavy atom. The van der Waals surface area contributed by atoms with Crippen LogP contribution in [-0.2, 0) is 11.3 Å². The number of methoxy groups -OCH3 is 1. The van der Waals surface area contributed by atoms with Crippen molar-refractivity contribution in [3.8, 4) is 0 Å². The van der Waals surface area contributed by atoms with Gasteiger partial charge in [-0.25, -0.2) is 4.79 Å². The average Bonchev–Trinajstić information content (AvgIpc) is 2.74. The lowest BCUT2D eigenvalue weighted by atomic mass is 9.90. The second-order valence-corrected chi connectivity index (χ2v) is 7.14. The molecule has 148 valence electrons. The number of rotatable bonds is 5. The standard InChI is InChI=1S/C22H27N3O3/c1-28-22(27)24-20-10-6-5-9-17(20)15-25(19-13-11-18(23)12-14-19)21(26)16-7-3-2-4-8-16/h2-10,18-19H,11-15,23H2,1H3,(H,24,27). The molecule has 1 saturated carbocycles. The number of carbonyl (C=O) groups excluding carboxylic acids is 2. The molecule has 28 heavy (non-hydrogen) atoms. The number of ether oxygens (including phenoxy) is 1. The van der Waals surface area contributed by atoms with Gasteiger partial charge in [0.15, 0.2) is 0 Å². The van der Waals surface area contributed by atoms with Gasteiger partial charge in [0.05, 0.1) is 7.11 Å². The molecule has 0 aliphatic heterocycles. The van der Waals surface area contributed by atoms with Crippen molar-refractivity contribution in [1.29, 1.82) is 0 Å². The van der Waals surface area contributed by atoms with Gasteiger partial charge in [-0.15, -0.1) is 0 Å². The number of amides is 2. The van der Waals surface area contributed by atoms with Gasteiger partial charge in [-0.3, -0.25) is 10.1 Å². The zero-order chi connectivity index (χ0) is 19.9. The minimum atomic E-state index is -0.531. The summed E-state index contributed by atoms with van der Waals surface area (Å²) in [7, 11) is 1.33. The van der Waals surface area contributed by atoms with Gasteiger partial charge >= 0.3 is 6.09 Å². The molecule has 0 unspecified atom stereocenters. The summed E-state index contributed by atoms with van der Waals surface area (Å²) in [5, 5.41) is 2.74. The van der Waals surface area contributed by atoms with Gasteiger partial charge < -0.3 is 15.4 Å². The van der Waals surface area contributed by atoms with E-state index in [0.29, 0.717) is 17.8 Å². The molecule has 6 heteroatoms. The molecular weight excluding hydrogens is 354 g/mol. The molecule has 0 radical (unpaired) electrons. The first-order valence-electron chi connectivity index (χ1n) is 9.63. The predicted octanol–water partition coefficient (Wildman–Crippen LogP) is 3.78. The van der Waals surface area contributed by atoms with Crippen LogP contribution in [0, 0.1) is 0 Å². The monoisotopic (exact) mass is 381 g/mol. The number of anilines is 1. The Balaban J connectivity index is 1.87. The molecule has 6 nitrogen and oxygen atoms in total. The first-order valence-corrected chi connectivity index (χ1v) is 9.63. The number of hydrogen-bond donors (Lipinski definition) is 2. The van der Waals surface area contributed by atoms with Crippen LogP contribution in [0.1, 0.15) is 41.6 Å². The summed E-state index contributed by atoms with van der Waals surface area (Å²) in [5.41, 5.74) is 8.24.